The van der Waals surface area contributed by atoms with Gasteiger partial charge < -0.3 is 0 Å². The second-order valence-electron chi connectivity index (χ2n) is 6.01. The van der Waals surface area contributed by atoms with Crippen LogP contribution in [0.5, 0.6) is 0 Å². The number of allylic oxidation sites excluding steroid dienone is 2. The zero-order chi connectivity index (χ0) is 13.1. The highest BCUT2D eigenvalue weighted by molar-refractivity contribution is 6.65. The number of fused-ring (bicyclic) bond motifs is 9. The standard InChI is InChI=1S/C12H10Cl6/c13-8-9(14)11(16)7-5-2-1-4(3-5)6(7)10(8,15)12(11,17)18/h4-7H,1-3H2/t4-,5-,6-,7-,10+,11+/m1/s1. The molecular formula is C12H10Cl6. The summed E-state index contributed by atoms with van der Waals surface area (Å²) in [5, 5.41) is 0.722. The Morgan fingerprint density at radius 3 is 1.56 bits per heavy atom. The van der Waals surface area contributed by atoms with Crippen molar-refractivity contribution in [1.29, 1.82) is 0 Å². The van der Waals surface area contributed by atoms with Gasteiger partial charge in [0.05, 0.1) is 10.1 Å². The van der Waals surface area contributed by atoms with E-state index >= 15 is 0 Å². The normalized spacial score (nSPS) is 59.7. The molecule has 4 aliphatic carbocycles. The molecule has 4 aliphatic rings. The molecule has 0 heterocycles. The maximum absolute atomic E-state index is 6.80. The second-order valence-corrected chi connectivity index (χ2v) is 9.29. The topological polar surface area (TPSA) is 0 Å². The molecule has 0 amide bonds. The summed E-state index contributed by atoms with van der Waals surface area (Å²) in [5.41, 5.74) is 0. The summed E-state index contributed by atoms with van der Waals surface area (Å²) in [6.07, 6.45) is 3.48. The SMILES string of the molecule is ClC1=C(Cl)[C@@]2(Cl)[C@@H]3[C@@H]4CC[C@H](C4)[C@H]3[C@@]1(Cl)C2(Cl)Cl. The minimum atomic E-state index is -1.33. The fraction of sp³-hybridized carbons (Fsp3) is 0.833. The highest BCUT2D eigenvalue weighted by Crippen LogP contribution is 2.82. The van der Waals surface area contributed by atoms with E-state index in [0.717, 1.165) is 6.42 Å². The molecule has 0 N–H and O–H groups in total. The molecule has 0 spiro atoms. The molecule has 4 rings (SSSR count). The van der Waals surface area contributed by atoms with Crippen molar-refractivity contribution in [2.45, 2.75) is 33.3 Å². The third kappa shape index (κ3) is 1.01. The molecule has 3 saturated carbocycles. The largest absolute Gasteiger partial charge is 0.166 e. The molecule has 0 aromatic carbocycles. The highest BCUT2D eigenvalue weighted by atomic mass is 35.5. The summed E-state index contributed by atoms with van der Waals surface area (Å²) in [5.74, 6) is 1.35. The zero-order valence-corrected chi connectivity index (χ0v) is 13.7. The lowest BCUT2D eigenvalue weighted by Crippen LogP contribution is -2.46. The van der Waals surface area contributed by atoms with Gasteiger partial charge in [-0.15, -0.1) is 23.2 Å². The van der Waals surface area contributed by atoms with Crippen LogP contribution in [-0.4, -0.2) is 14.1 Å². The molecule has 0 radical (unpaired) electrons. The molecule has 18 heavy (non-hydrogen) atoms. The van der Waals surface area contributed by atoms with Gasteiger partial charge in [0, 0.05) is 0 Å². The first-order valence-corrected chi connectivity index (χ1v) is 8.36. The Bertz CT molecular complexity index is 445. The zero-order valence-electron chi connectivity index (χ0n) is 9.20. The molecule has 0 aliphatic heterocycles. The van der Waals surface area contributed by atoms with Gasteiger partial charge in [-0.1, -0.05) is 46.4 Å². The maximum Gasteiger partial charge on any atom is 0.166 e. The lowest BCUT2D eigenvalue weighted by molar-refractivity contribution is 0.219. The van der Waals surface area contributed by atoms with E-state index in [1.54, 1.807) is 0 Å². The van der Waals surface area contributed by atoms with Crippen LogP contribution in [0, 0.1) is 23.7 Å². The first-order chi connectivity index (χ1) is 8.28. The molecule has 6 atom stereocenters. The summed E-state index contributed by atoms with van der Waals surface area (Å²) >= 11 is 39.4. The molecule has 0 aromatic heterocycles. The van der Waals surface area contributed by atoms with Crippen LogP contribution in [0.25, 0.3) is 0 Å². The van der Waals surface area contributed by atoms with E-state index in [-0.39, 0.29) is 11.8 Å². The summed E-state index contributed by atoms with van der Waals surface area (Å²) in [4.78, 5) is -2.03. The average molecular weight is 367 g/mol. The Morgan fingerprint density at radius 2 is 1.17 bits per heavy atom. The molecule has 6 heteroatoms. The summed E-state index contributed by atoms with van der Waals surface area (Å²) in [7, 11) is 0. The Kier molecular flexibility index (Phi) is 2.52. The third-order valence-corrected chi connectivity index (χ3v) is 9.87. The molecule has 0 aromatic rings. The number of hydrogen-bond donors (Lipinski definition) is 0. The van der Waals surface area contributed by atoms with Gasteiger partial charge in [-0.3, -0.25) is 0 Å². The first-order valence-electron chi connectivity index (χ1n) is 6.09. The third-order valence-electron chi connectivity index (χ3n) is 5.58. The fourth-order valence-corrected chi connectivity index (χ4v) is 8.18. The molecule has 100 valence electrons. The molecule has 4 bridgehead atoms. The maximum atomic E-state index is 6.80. The Hall–Kier alpha value is 1.48. The van der Waals surface area contributed by atoms with E-state index in [2.05, 4.69) is 0 Å². The molecule has 3 fully saturated rings. The van der Waals surface area contributed by atoms with Crippen LogP contribution in [0.3, 0.4) is 0 Å². The highest BCUT2D eigenvalue weighted by Gasteiger charge is 2.85. The van der Waals surface area contributed by atoms with Crippen LogP contribution < -0.4 is 0 Å². The van der Waals surface area contributed by atoms with Gasteiger partial charge in [0.1, 0.15) is 9.75 Å². The summed E-state index contributed by atoms with van der Waals surface area (Å²) in [6.45, 7) is 0. The van der Waals surface area contributed by atoms with Gasteiger partial charge in [-0.25, -0.2) is 0 Å². The molecule has 0 saturated heterocycles. The predicted molar refractivity (Wildman–Crippen MR) is 78.1 cm³/mol. The Balaban J connectivity index is 2.01. The second kappa shape index (κ2) is 3.45. The fourth-order valence-electron chi connectivity index (χ4n) is 5.01. The van der Waals surface area contributed by atoms with Gasteiger partial charge >= 0.3 is 0 Å². The van der Waals surface area contributed by atoms with Crippen molar-refractivity contribution in [3.05, 3.63) is 10.1 Å². The van der Waals surface area contributed by atoms with E-state index in [4.69, 9.17) is 69.6 Å². The van der Waals surface area contributed by atoms with Crippen molar-refractivity contribution in [3.8, 4) is 0 Å². The van der Waals surface area contributed by atoms with Crippen LogP contribution in [0.2, 0.25) is 0 Å². The van der Waals surface area contributed by atoms with Gasteiger partial charge in [0.2, 0.25) is 0 Å². The molecule has 0 nitrogen and oxygen atoms in total. The van der Waals surface area contributed by atoms with Gasteiger partial charge in [-0.2, -0.15) is 0 Å². The molecule has 0 unspecified atom stereocenters. The van der Waals surface area contributed by atoms with Crippen molar-refractivity contribution >= 4 is 69.6 Å². The van der Waals surface area contributed by atoms with Crippen LogP contribution in [-0.2, 0) is 0 Å². The van der Waals surface area contributed by atoms with E-state index in [0.29, 0.717) is 21.9 Å². The predicted octanol–water partition coefficient (Wildman–Crippen LogP) is 5.49. The number of rotatable bonds is 0. The van der Waals surface area contributed by atoms with E-state index < -0.39 is 14.1 Å². The van der Waals surface area contributed by atoms with Crippen LogP contribution in [0.1, 0.15) is 19.3 Å². The van der Waals surface area contributed by atoms with Gasteiger partial charge in [-0.05, 0) is 42.9 Å². The first kappa shape index (κ1) is 13.2. The Labute approximate surface area is 136 Å². The number of halogens is 6. The lowest BCUT2D eigenvalue weighted by atomic mass is 9.73. The average Bonchev–Trinajstić information content (AvgIpc) is 2.97. The van der Waals surface area contributed by atoms with Gasteiger partial charge in [0.25, 0.3) is 0 Å². The van der Waals surface area contributed by atoms with Crippen molar-refractivity contribution < 1.29 is 0 Å². The lowest BCUT2D eigenvalue weighted by Gasteiger charge is -2.39. The van der Waals surface area contributed by atoms with Crippen molar-refractivity contribution in [2.24, 2.45) is 23.7 Å². The number of hydrogen-bond acceptors (Lipinski definition) is 0. The van der Waals surface area contributed by atoms with E-state index in [1.807, 2.05) is 0 Å². The summed E-state index contributed by atoms with van der Waals surface area (Å²) < 4.78 is -1.33. The monoisotopic (exact) mass is 364 g/mol. The van der Waals surface area contributed by atoms with Crippen LogP contribution in [0.15, 0.2) is 10.1 Å². The van der Waals surface area contributed by atoms with E-state index in [9.17, 15) is 0 Å². The van der Waals surface area contributed by atoms with Crippen molar-refractivity contribution in [1.82, 2.24) is 0 Å². The van der Waals surface area contributed by atoms with Crippen molar-refractivity contribution in [3.63, 3.8) is 0 Å². The van der Waals surface area contributed by atoms with Crippen molar-refractivity contribution in [2.75, 3.05) is 0 Å². The van der Waals surface area contributed by atoms with Crippen LogP contribution in [0.4, 0.5) is 0 Å². The molecular weight excluding hydrogens is 357 g/mol. The minimum Gasteiger partial charge on any atom is -0.109 e. The quantitative estimate of drug-likeness (QED) is 0.392. The van der Waals surface area contributed by atoms with Crippen LogP contribution >= 0.6 is 69.6 Å². The summed E-state index contributed by atoms with van der Waals surface area (Å²) in [6, 6.07) is 0. The van der Waals surface area contributed by atoms with E-state index in [1.165, 1.54) is 12.8 Å². The Morgan fingerprint density at radius 1 is 0.778 bits per heavy atom. The van der Waals surface area contributed by atoms with Gasteiger partial charge in [0.15, 0.2) is 4.33 Å². The minimum absolute atomic E-state index is 0.153. The smallest absolute Gasteiger partial charge is 0.109 e. The number of alkyl halides is 4.